The van der Waals surface area contributed by atoms with E-state index in [-0.39, 0.29) is 17.7 Å². The Bertz CT molecular complexity index is 1430. The lowest BCUT2D eigenvalue weighted by atomic mass is 9.84. The lowest BCUT2D eigenvalue weighted by Crippen LogP contribution is -2.59. The molecule has 1 amide bonds. The van der Waals surface area contributed by atoms with Gasteiger partial charge in [0.2, 0.25) is 0 Å². The topological polar surface area (TPSA) is 75.3 Å². The van der Waals surface area contributed by atoms with Gasteiger partial charge < -0.3 is 28.7 Å². The van der Waals surface area contributed by atoms with Crippen molar-refractivity contribution in [1.29, 1.82) is 0 Å². The third kappa shape index (κ3) is 7.61. The van der Waals surface area contributed by atoms with Gasteiger partial charge in [-0.3, -0.25) is 0 Å². The molecule has 1 fully saturated rings. The summed E-state index contributed by atoms with van der Waals surface area (Å²) in [4.78, 5) is 13.2. The molecule has 1 saturated heterocycles. The lowest BCUT2D eigenvalue weighted by Gasteiger charge is -2.45. The number of alkyl carbamates (subject to hydrolysis) is 1. The maximum absolute atomic E-state index is 13.2. The third-order valence-corrected chi connectivity index (χ3v) is 13.1. The number of amides is 1. The number of hydrogen-bond donors (Lipinski definition) is 1. The van der Waals surface area contributed by atoms with Crippen LogP contribution < -0.4 is 10.1 Å². The Hall–Kier alpha value is -3.43. The van der Waals surface area contributed by atoms with Crippen LogP contribution in [0.4, 0.5) is 4.79 Å². The molecule has 4 atom stereocenters. The Balaban J connectivity index is 1.43. The zero-order chi connectivity index (χ0) is 31.5. The number of hydrogen-bond acceptors (Lipinski definition) is 6. The number of nitrogens with one attached hydrogen (secondary N) is 1. The van der Waals surface area contributed by atoms with Crippen LogP contribution in [0.15, 0.2) is 91.0 Å². The standard InChI is InChI=1S/C36H45NO6Si/c1-35(2,3)44(6,7)43-32-30(37-34(38)40-24-26-16-12-9-13-17-26)22-29(31-33(32)42-36(4,5)41-31)27-18-20-28(21-19-27)39-23-25-14-10-8-11-15-25/h8-22,30-33H,23-24H2,1-7H3,(H,37,38)/t30-,31-,32-,33-/m1/s1. The summed E-state index contributed by atoms with van der Waals surface area (Å²) in [6.45, 7) is 15.5. The molecule has 3 aromatic carbocycles. The van der Waals surface area contributed by atoms with Crippen LogP contribution in [0.1, 0.15) is 51.3 Å². The first-order chi connectivity index (χ1) is 20.8. The van der Waals surface area contributed by atoms with Gasteiger partial charge in [-0.1, -0.05) is 99.6 Å². The van der Waals surface area contributed by atoms with Gasteiger partial charge in [-0.25, -0.2) is 4.79 Å². The van der Waals surface area contributed by atoms with E-state index in [1.807, 2.05) is 105 Å². The van der Waals surface area contributed by atoms with E-state index in [9.17, 15) is 4.79 Å². The predicted molar refractivity (Wildman–Crippen MR) is 175 cm³/mol. The summed E-state index contributed by atoms with van der Waals surface area (Å²) in [5.41, 5.74) is 3.91. The van der Waals surface area contributed by atoms with Crippen molar-refractivity contribution >= 4 is 20.0 Å². The molecule has 0 saturated carbocycles. The molecule has 5 rings (SSSR count). The van der Waals surface area contributed by atoms with Crippen LogP contribution in [-0.4, -0.2) is 44.6 Å². The number of ether oxygens (including phenoxy) is 4. The van der Waals surface area contributed by atoms with Gasteiger partial charge in [0, 0.05) is 0 Å². The lowest BCUT2D eigenvalue weighted by molar-refractivity contribution is -0.152. The zero-order valence-electron chi connectivity index (χ0n) is 26.8. The minimum Gasteiger partial charge on any atom is -0.489 e. The highest BCUT2D eigenvalue weighted by Gasteiger charge is 2.54. The van der Waals surface area contributed by atoms with Crippen LogP contribution >= 0.6 is 0 Å². The van der Waals surface area contributed by atoms with Gasteiger partial charge in [-0.2, -0.15) is 0 Å². The van der Waals surface area contributed by atoms with Gasteiger partial charge in [0.25, 0.3) is 0 Å². The van der Waals surface area contributed by atoms with Gasteiger partial charge in [-0.15, -0.1) is 0 Å². The average Bonchev–Trinajstić information content (AvgIpc) is 3.32. The van der Waals surface area contributed by atoms with Crippen LogP contribution in [0.2, 0.25) is 18.1 Å². The van der Waals surface area contributed by atoms with Gasteiger partial charge in [0.05, 0.1) is 12.1 Å². The first kappa shape index (κ1) is 32.0. The molecule has 3 aromatic rings. The number of carbonyl (C=O) groups excluding carboxylic acids is 1. The van der Waals surface area contributed by atoms with Gasteiger partial charge >= 0.3 is 6.09 Å². The smallest absolute Gasteiger partial charge is 0.408 e. The normalized spacial score (nSPS) is 22.9. The Morgan fingerprint density at radius 2 is 1.45 bits per heavy atom. The van der Waals surface area contributed by atoms with Gasteiger partial charge in [0.1, 0.15) is 31.2 Å². The van der Waals surface area contributed by atoms with Crippen LogP contribution in [0, 0.1) is 0 Å². The second-order valence-corrected chi connectivity index (χ2v) is 18.3. The fourth-order valence-corrected chi connectivity index (χ4v) is 6.60. The van der Waals surface area contributed by atoms with E-state index in [4.69, 9.17) is 23.4 Å². The predicted octanol–water partition coefficient (Wildman–Crippen LogP) is 7.87. The minimum absolute atomic E-state index is 0.0462. The van der Waals surface area contributed by atoms with Crippen LogP contribution in [-0.2, 0) is 31.9 Å². The van der Waals surface area contributed by atoms with E-state index in [1.165, 1.54) is 0 Å². The second kappa shape index (κ2) is 12.9. The summed E-state index contributed by atoms with van der Waals surface area (Å²) in [5, 5.41) is 3.06. The molecule has 44 heavy (non-hydrogen) atoms. The summed E-state index contributed by atoms with van der Waals surface area (Å²) < 4.78 is 31.7. The summed E-state index contributed by atoms with van der Waals surface area (Å²) in [6, 6.07) is 27.2. The molecule has 234 valence electrons. The van der Waals surface area contributed by atoms with E-state index in [0.29, 0.717) is 6.61 Å². The van der Waals surface area contributed by atoms with Crippen molar-refractivity contribution in [2.75, 3.05) is 0 Å². The molecule has 1 N–H and O–H groups in total. The monoisotopic (exact) mass is 615 g/mol. The summed E-state index contributed by atoms with van der Waals surface area (Å²) in [6.07, 6.45) is 0.249. The fourth-order valence-electron chi connectivity index (χ4n) is 5.28. The molecule has 0 spiro atoms. The van der Waals surface area contributed by atoms with Crippen molar-refractivity contribution < 1.29 is 28.2 Å². The zero-order valence-corrected chi connectivity index (χ0v) is 27.8. The van der Waals surface area contributed by atoms with E-state index < -0.39 is 38.4 Å². The first-order valence-corrected chi connectivity index (χ1v) is 18.2. The number of carbonyl (C=O) groups is 1. The molecule has 2 aliphatic rings. The molecule has 0 aromatic heterocycles. The third-order valence-electron chi connectivity index (χ3n) is 8.64. The fraction of sp³-hybridized carbons (Fsp3) is 0.417. The molecule has 7 nitrogen and oxygen atoms in total. The Kier molecular flexibility index (Phi) is 9.37. The summed E-state index contributed by atoms with van der Waals surface area (Å²) in [5.74, 6) is -0.0574. The van der Waals surface area contributed by atoms with Gasteiger partial charge in [-0.05, 0) is 66.4 Å². The highest BCUT2D eigenvalue weighted by molar-refractivity contribution is 6.74. The summed E-state index contributed by atoms with van der Waals surface area (Å²) >= 11 is 0. The van der Waals surface area contributed by atoms with Crippen molar-refractivity contribution in [2.24, 2.45) is 0 Å². The molecule has 1 aliphatic carbocycles. The van der Waals surface area contributed by atoms with Crippen molar-refractivity contribution in [3.05, 3.63) is 108 Å². The minimum atomic E-state index is -2.28. The van der Waals surface area contributed by atoms with Crippen molar-refractivity contribution in [3.63, 3.8) is 0 Å². The number of rotatable bonds is 9. The Morgan fingerprint density at radius 3 is 2.05 bits per heavy atom. The molecule has 0 radical (unpaired) electrons. The molecule has 8 heteroatoms. The molecule has 0 unspecified atom stereocenters. The Labute approximate surface area is 262 Å². The highest BCUT2D eigenvalue weighted by atomic mass is 28.4. The van der Waals surface area contributed by atoms with E-state index in [1.54, 1.807) is 0 Å². The second-order valence-electron chi connectivity index (χ2n) is 13.5. The quantitative estimate of drug-likeness (QED) is 0.247. The van der Waals surface area contributed by atoms with Crippen LogP contribution in [0.3, 0.4) is 0 Å². The maximum Gasteiger partial charge on any atom is 0.408 e. The van der Waals surface area contributed by atoms with E-state index in [2.05, 4.69) is 39.2 Å². The van der Waals surface area contributed by atoms with E-state index >= 15 is 0 Å². The van der Waals surface area contributed by atoms with Crippen molar-refractivity contribution in [2.45, 2.75) is 96.1 Å². The SMILES string of the molecule is CC1(C)O[C@H]2[C@H](O[Si](C)(C)C(C)(C)C)[C@H](NC(=O)OCc3ccccc3)C=C(c3ccc(OCc4ccccc4)cc3)[C@H]2O1. The van der Waals surface area contributed by atoms with Crippen molar-refractivity contribution in [1.82, 2.24) is 5.32 Å². The average molecular weight is 616 g/mol. The molecular formula is C36H45NO6Si. The van der Waals surface area contributed by atoms with Crippen LogP contribution in [0.5, 0.6) is 5.75 Å². The van der Waals surface area contributed by atoms with Crippen LogP contribution in [0.25, 0.3) is 5.57 Å². The van der Waals surface area contributed by atoms with Crippen molar-refractivity contribution in [3.8, 4) is 5.75 Å². The van der Waals surface area contributed by atoms with Gasteiger partial charge in [0.15, 0.2) is 14.1 Å². The molecule has 0 bridgehead atoms. The maximum atomic E-state index is 13.2. The first-order valence-electron chi connectivity index (χ1n) is 15.3. The number of fused-ring (bicyclic) bond motifs is 1. The largest absolute Gasteiger partial charge is 0.489 e. The molecule has 1 heterocycles. The molecule has 1 aliphatic heterocycles. The highest BCUT2D eigenvalue weighted by Crippen LogP contribution is 2.45. The van der Waals surface area contributed by atoms with E-state index in [0.717, 1.165) is 28.0 Å². The Morgan fingerprint density at radius 1 is 0.864 bits per heavy atom. The molecular weight excluding hydrogens is 570 g/mol. The number of benzene rings is 3. The summed E-state index contributed by atoms with van der Waals surface area (Å²) in [7, 11) is -2.28.